The van der Waals surface area contributed by atoms with Crippen molar-refractivity contribution in [2.75, 3.05) is 25.0 Å². The molecule has 4 rings (SSSR count). The van der Waals surface area contributed by atoms with Gasteiger partial charge in [-0.1, -0.05) is 30.3 Å². The number of hydrogen-bond acceptors (Lipinski definition) is 5. The fraction of sp³-hybridized carbons (Fsp3) is 0.391. The molecule has 0 atom stereocenters. The topological polar surface area (TPSA) is 86.8 Å². The van der Waals surface area contributed by atoms with Gasteiger partial charge in [-0.15, -0.1) is 0 Å². The molecule has 1 aliphatic heterocycles. The van der Waals surface area contributed by atoms with Gasteiger partial charge in [0.2, 0.25) is 5.82 Å². The van der Waals surface area contributed by atoms with E-state index < -0.39 is 0 Å². The zero-order valence-electron chi connectivity index (χ0n) is 17.6. The average molecular weight is 405 g/mol. The van der Waals surface area contributed by atoms with Gasteiger partial charge in [-0.05, 0) is 50.2 Å². The third kappa shape index (κ3) is 4.50. The smallest absolute Gasteiger partial charge is 0.291 e. The minimum absolute atomic E-state index is 0.0810. The van der Waals surface area contributed by atoms with Crippen molar-refractivity contribution in [3.05, 3.63) is 70.9 Å². The van der Waals surface area contributed by atoms with Crippen LogP contribution in [0.25, 0.3) is 0 Å². The molecule has 2 N–H and O–H groups in total. The van der Waals surface area contributed by atoms with Crippen molar-refractivity contribution in [2.24, 2.45) is 0 Å². The Morgan fingerprint density at radius 3 is 2.63 bits per heavy atom. The number of carbonyl (C=O) groups is 1. The molecular weight excluding hydrogens is 376 g/mol. The second-order valence-corrected chi connectivity index (χ2v) is 7.87. The van der Waals surface area contributed by atoms with Crippen LogP contribution in [0.4, 0.5) is 5.82 Å². The summed E-state index contributed by atoms with van der Waals surface area (Å²) in [4.78, 5) is 24.0. The number of aromatic nitrogens is 4. The summed E-state index contributed by atoms with van der Waals surface area (Å²) < 4.78 is 0. The maximum atomic E-state index is 13.1. The summed E-state index contributed by atoms with van der Waals surface area (Å²) in [6.45, 7) is 6.09. The molecule has 0 spiro atoms. The zero-order valence-corrected chi connectivity index (χ0v) is 17.6. The summed E-state index contributed by atoms with van der Waals surface area (Å²) in [7, 11) is 0. The molecule has 0 radical (unpaired) electrons. The first-order chi connectivity index (χ1) is 14.6. The van der Waals surface area contributed by atoms with E-state index in [-0.39, 0.29) is 11.7 Å². The van der Waals surface area contributed by atoms with E-state index in [1.165, 1.54) is 5.56 Å². The third-order valence-electron chi connectivity index (χ3n) is 5.89. The van der Waals surface area contributed by atoms with E-state index in [1.807, 2.05) is 37.2 Å². The van der Waals surface area contributed by atoms with Crippen LogP contribution in [0.15, 0.2) is 42.7 Å². The molecule has 156 valence electrons. The van der Waals surface area contributed by atoms with Crippen LogP contribution >= 0.6 is 0 Å². The number of benzene rings is 1. The van der Waals surface area contributed by atoms with Gasteiger partial charge in [-0.25, -0.2) is 9.97 Å². The summed E-state index contributed by atoms with van der Waals surface area (Å²) in [5.74, 6) is 1.44. The number of anilines is 1. The van der Waals surface area contributed by atoms with E-state index >= 15 is 0 Å². The number of hydrogen-bond donors (Lipinski definition) is 2. The second-order valence-electron chi connectivity index (χ2n) is 7.87. The highest BCUT2D eigenvalue weighted by Crippen LogP contribution is 2.28. The van der Waals surface area contributed by atoms with Gasteiger partial charge >= 0.3 is 0 Å². The maximum Gasteiger partial charge on any atom is 0.291 e. The molecule has 1 aromatic carbocycles. The Hall–Kier alpha value is -3.22. The minimum atomic E-state index is -0.0810. The molecule has 3 heterocycles. The van der Waals surface area contributed by atoms with Crippen LogP contribution in [0.2, 0.25) is 0 Å². The Bertz CT molecular complexity index is 978. The van der Waals surface area contributed by atoms with Gasteiger partial charge in [-0.3, -0.25) is 9.89 Å². The van der Waals surface area contributed by atoms with Crippen molar-refractivity contribution in [3.8, 4) is 0 Å². The van der Waals surface area contributed by atoms with Gasteiger partial charge in [-0.2, -0.15) is 5.10 Å². The number of carbonyl (C=O) groups excluding carboxylic acids is 1. The van der Waals surface area contributed by atoms with Crippen molar-refractivity contribution >= 4 is 11.7 Å². The van der Waals surface area contributed by atoms with Crippen molar-refractivity contribution in [2.45, 2.75) is 39.0 Å². The summed E-state index contributed by atoms with van der Waals surface area (Å²) in [6, 6.07) is 10.6. The Morgan fingerprint density at radius 2 is 1.93 bits per heavy atom. The maximum absolute atomic E-state index is 13.1. The van der Waals surface area contributed by atoms with Crippen LogP contribution in [-0.2, 0) is 6.42 Å². The molecule has 7 heteroatoms. The highest BCUT2D eigenvalue weighted by molar-refractivity contribution is 5.91. The number of nitrogens with one attached hydrogen (secondary N) is 2. The molecule has 1 amide bonds. The summed E-state index contributed by atoms with van der Waals surface area (Å²) in [5.41, 5.74) is 4.29. The SMILES string of the molecule is Cc1nc(C(=O)N2CCC(c3ccccc3)CC2)nc(NCCc2cn[nH]c2)c1C. The largest absolute Gasteiger partial charge is 0.369 e. The second kappa shape index (κ2) is 9.07. The van der Waals surface area contributed by atoms with Gasteiger partial charge in [0.05, 0.1) is 6.20 Å². The molecule has 2 aromatic heterocycles. The molecule has 0 unspecified atom stereocenters. The number of aromatic amines is 1. The molecule has 0 aliphatic carbocycles. The Labute approximate surface area is 176 Å². The number of amides is 1. The van der Waals surface area contributed by atoms with Crippen LogP contribution in [0.1, 0.15) is 51.8 Å². The van der Waals surface area contributed by atoms with Crippen LogP contribution in [0, 0.1) is 13.8 Å². The molecule has 1 fully saturated rings. The average Bonchev–Trinajstić information content (AvgIpc) is 3.30. The summed E-state index contributed by atoms with van der Waals surface area (Å²) in [5, 5.41) is 10.1. The molecule has 0 bridgehead atoms. The first kappa shape index (κ1) is 20.1. The number of aryl methyl sites for hydroxylation is 1. The predicted octanol–water partition coefficient (Wildman–Crippen LogP) is 3.49. The lowest BCUT2D eigenvalue weighted by Crippen LogP contribution is -2.39. The van der Waals surface area contributed by atoms with Crippen LogP contribution in [-0.4, -0.2) is 50.6 Å². The van der Waals surface area contributed by atoms with Gasteiger partial charge < -0.3 is 10.2 Å². The quantitative estimate of drug-likeness (QED) is 0.657. The first-order valence-electron chi connectivity index (χ1n) is 10.5. The number of piperidine rings is 1. The number of rotatable bonds is 6. The molecule has 1 aliphatic rings. The fourth-order valence-electron chi connectivity index (χ4n) is 3.92. The normalized spacial score (nSPS) is 14.7. The Balaban J connectivity index is 1.40. The molecular formula is C23H28N6O. The van der Waals surface area contributed by atoms with Crippen LogP contribution < -0.4 is 5.32 Å². The minimum Gasteiger partial charge on any atom is -0.369 e. The monoisotopic (exact) mass is 404 g/mol. The number of likely N-dealkylation sites (tertiary alicyclic amines) is 1. The lowest BCUT2D eigenvalue weighted by atomic mass is 9.89. The van der Waals surface area contributed by atoms with E-state index in [9.17, 15) is 4.79 Å². The molecule has 0 saturated carbocycles. The standard InChI is InChI=1S/C23H28N6O/c1-16-17(2)27-22(28-21(16)24-11-8-18-14-25-26-15-18)23(30)29-12-9-20(10-13-29)19-6-4-3-5-7-19/h3-7,14-15,20H,8-13H2,1-2H3,(H,25,26)(H,24,27,28). The molecule has 1 saturated heterocycles. The van der Waals surface area contributed by atoms with Gasteiger partial charge in [0.15, 0.2) is 0 Å². The Morgan fingerprint density at radius 1 is 1.17 bits per heavy atom. The van der Waals surface area contributed by atoms with Crippen LogP contribution in [0.5, 0.6) is 0 Å². The lowest BCUT2D eigenvalue weighted by Gasteiger charge is -2.32. The third-order valence-corrected chi connectivity index (χ3v) is 5.89. The van der Waals surface area contributed by atoms with E-state index in [0.29, 0.717) is 12.5 Å². The lowest BCUT2D eigenvalue weighted by molar-refractivity contribution is 0.0700. The molecule has 30 heavy (non-hydrogen) atoms. The first-order valence-corrected chi connectivity index (χ1v) is 10.5. The van der Waals surface area contributed by atoms with E-state index in [1.54, 1.807) is 0 Å². The van der Waals surface area contributed by atoms with Gasteiger partial charge in [0, 0.05) is 37.1 Å². The zero-order chi connectivity index (χ0) is 20.9. The van der Waals surface area contributed by atoms with Crippen molar-refractivity contribution in [1.82, 2.24) is 25.1 Å². The van der Waals surface area contributed by atoms with E-state index in [4.69, 9.17) is 0 Å². The van der Waals surface area contributed by atoms with Crippen molar-refractivity contribution < 1.29 is 4.79 Å². The van der Waals surface area contributed by atoms with Gasteiger partial charge in [0.25, 0.3) is 5.91 Å². The predicted molar refractivity (Wildman–Crippen MR) is 117 cm³/mol. The van der Waals surface area contributed by atoms with E-state index in [0.717, 1.165) is 55.0 Å². The number of nitrogens with zero attached hydrogens (tertiary/aromatic N) is 4. The molecule has 3 aromatic rings. The fourth-order valence-corrected chi connectivity index (χ4v) is 3.92. The van der Waals surface area contributed by atoms with Gasteiger partial charge in [0.1, 0.15) is 5.82 Å². The van der Waals surface area contributed by atoms with E-state index in [2.05, 4.69) is 49.7 Å². The number of H-pyrrole nitrogens is 1. The summed E-state index contributed by atoms with van der Waals surface area (Å²) >= 11 is 0. The van der Waals surface area contributed by atoms with Crippen molar-refractivity contribution in [1.29, 1.82) is 0 Å². The summed E-state index contributed by atoms with van der Waals surface area (Å²) in [6.07, 6.45) is 6.46. The van der Waals surface area contributed by atoms with Crippen molar-refractivity contribution in [3.63, 3.8) is 0 Å². The highest BCUT2D eigenvalue weighted by Gasteiger charge is 2.26. The Kier molecular flexibility index (Phi) is 6.07. The molecule has 7 nitrogen and oxygen atoms in total. The highest BCUT2D eigenvalue weighted by atomic mass is 16.2. The van der Waals surface area contributed by atoms with Crippen LogP contribution in [0.3, 0.4) is 0 Å².